The summed E-state index contributed by atoms with van der Waals surface area (Å²) < 4.78 is 8.52. The van der Waals surface area contributed by atoms with E-state index in [9.17, 15) is 0 Å². The Balaban J connectivity index is 2.36. The zero-order valence-corrected chi connectivity index (χ0v) is 14.4. The quantitative estimate of drug-likeness (QED) is 0.886. The molecule has 1 aliphatic rings. The second-order valence-electron chi connectivity index (χ2n) is 5.53. The van der Waals surface area contributed by atoms with Crippen molar-refractivity contribution in [1.82, 2.24) is 20.0 Å². The number of likely N-dealkylation sites (N-methyl/N-ethyl adjacent to an activating group) is 1. The molecule has 1 aromatic rings. The highest BCUT2D eigenvalue weighted by Crippen LogP contribution is 2.37. The van der Waals surface area contributed by atoms with Crippen LogP contribution in [0.25, 0.3) is 0 Å². The molecule has 0 aromatic carbocycles. The van der Waals surface area contributed by atoms with Crippen LogP contribution in [0.15, 0.2) is 10.7 Å². The minimum Gasteiger partial charge on any atom is -0.379 e. The first-order valence-corrected chi connectivity index (χ1v) is 8.01. The number of ether oxygens (including phenoxy) is 1. The van der Waals surface area contributed by atoms with Gasteiger partial charge in [-0.05, 0) is 36.3 Å². The van der Waals surface area contributed by atoms with Gasteiger partial charge in [-0.25, -0.2) is 0 Å². The average molecular weight is 345 g/mol. The maximum absolute atomic E-state index is 5.50. The van der Waals surface area contributed by atoms with Gasteiger partial charge >= 0.3 is 0 Å². The van der Waals surface area contributed by atoms with Crippen LogP contribution in [0.2, 0.25) is 0 Å². The molecule has 2 unspecified atom stereocenters. The Hall–Kier alpha value is -0.430. The van der Waals surface area contributed by atoms with Gasteiger partial charge in [0.05, 0.1) is 35.6 Å². The predicted octanol–water partition coefficient (Wildman–Crippen LogP) is 1.94. The van der Waals surface area contributed by atoms with Gasteiger partial charge in [0.2, 0.25) is 0 Å². The van der Waals surface area contributed by atoms with Crippen LogP contribution < -0.4 is 5.32 Å². The summed E-state index contributed by atoms with van der Waals surface area (Å²) in [5.74, 6) is 0. The van der Waals surface area contributed by atoms with Crippen molar-refractivity contribution < 1.29 is 4.74 Å². The van der Waals surface area contributed by atoms with E-state index in [-0.39, 0.29) is 11.6 Å². The first-order chi connectivity index (χ1) is 9.54. The number of rotatable bonds is 5. The monoisotopic (exact) mass is 344 g/mol. The highest BCUT2D eigenvalue weighted by molar-refractivity contribution is 9.10. The molecule has 0 amide bonds. The van der Waals surface area contributed by atoms with E-state index in [1.807, 2.05) is 25.0 Å². The fourth-order valence-corrected chi connectivity index (χ4v) is 3.75. The van der Waals surface area contributed by atoms with Crippen molar-refractivity contribution in [3.63, 3.8) is 0 Å². The lowest BCUT2D eigenvalue weighted by molar-refractivity contribution is -0.0330. The molecule has 0 bridgehead atoms. The van der Waals surface area contributed by atoms with E-state index in [1.54, 1.807) is 0 Å². The summed E-state index contributed by atoms with van der Waals surface area (Å²) in [6.45, 7) is 8.19. The molecule has 20 heavy (non-hydrogen) atoms. The number of hydrogen-bond donors (Lipinski definition) is 1. The van der Waals surface area contributed by atoms with Crippen molar-refractivity contribution in [2.75, 3.05) is 33.4 Å². The number of halogens is 1. The molecule has 114 valence electrons. The number of nitrogens with one attached hydrogen (secondary N) is 1. The second-order valence-corrected chi connectivity index (χ2v) is 6.39. The molecule has 1 N–H and O–H groups in total. The molecule has 1 aromatic heterocycles. The van der Waals surface area contributed by atoms with Crippen LogP contribution in [0.3, 0.4) is 0 Å². The molecule has 1 fully saturated rings. The third-order valence-electron chi connectivity index (χ3n) is 4.57. The van der Waals surface area contributed by atoms with Gasteiger partial charge in [0, 0.05) is 25.7 Å². The summed E-state index contributed by atoms with van der Waals surface area (Å²) in [5, 5.41) is 7.87. The molecule has 0 spiro atoms. The SMILES string of the molecule is CCC(C)(C(NC)c1c(Br)cnn1C)N1CCOCC1. The Morgan fingerprint density at radius 1 is 1.50 bits per heavy atom. The Bertz CT molecular complexity index is 425. The molecule has 2 heterocycles. The second kappa shape index (κ2) is 6.56. The van der Waals surface area contributed by atoms with E-state index < -0.39 is 0 Å². The van der Waals surface area contributed by atoms with Crippen LogP contribution in [-0.4, -0.2) is 53.6 Å². The first-order valence-electron chi connectivity index (χ1n) is 7.22. The fourth-order valence-electron chi connectivity index (χ4n) is 3.17. The van der Waals surface area contributed by atoms with Crippen LogP contribution in [0.1, 0.15) is 32.0 Å². The van der Waals surface area contributed by atoms with Gasteiger partial charge in [0.15, 0.2) is 0 Å². The highest BCUT2D eigenvalue weighted by atomic mass is 79.9. The molecular formula is C14H25BrN4O. The summed E-state index contributed by atoms with van der Waals surface area (Å²) in [5.41, 5.74) is 1.23. The summed E-state index contributed by atoms with van der Waals surface area (Å²) in [4.78, 5) is 2.54. The van der Waals surface area contributed by atoms with Gasteiger partial charge < -0.3 is 10.1 Å². The summed E-state index contributed by atoms with van der Waals surface area (Å²) in [7, 11) is 4.03. The Labute approximate surface area is 129 Å². The van der Waals surface area contributed by atoms with Crippen LogP contribution >= 0.6 is 15.9 Å². The van der Waals surface area contributed by atoms with E-state index >= 15 is 0 Å². The lowest BCUT2D eigenvalue weighted by Crippen LogP contribution is -2.57. The Morgan fingerprint density at radius 3 is 2.60 bits per heavy atom. The Morgan fingerprint density at radius 2 is 2.15 bits per heavy atom. The maximum Gasteiger partial charge on any atom is 0.0711 e. The minimum atomic E-state index is 0.0366. The number of hydrogen-bond acceptors (Lipinski definition) is 4. The van der Waals surface area contributed by atoms with Crippen molar-refractivity contribution in [2.45, 2.75) is 31.8 Å². The molecule has 6 heteroatoms. The molecule has 1 aliphatic heterocycles. The lowest BCUT2D eigenvalue weighted by atomic mass is 9.84. The van der Waals surface area contributed by atoms with Gasteiger partial charge in [-0.2, -0.15) is 5.10 Å². The number of nitrogens with zero attached hydrogens (tertiary/aromatic N) is 3. The van der Waals surface area contributed by atoms with Gasteiger partial charge in [0.1, 0.15) is 0 Å². The van der Waals surface area contributed by atoms with Crippen LogP contribution in [0, 0.1) is 0 Å². The van der Waals surface area contributed by atoms with Gasteiger partial charge in [-0.15, -0.1) is 0 Å². The molecule has 5 nitrogen and oxygen atoms in total. The van der Waals surface area contributed by atoms with Gasteiger partial charge in [0.25, 0.3) is 0 Å². The molecule has 0 saturated carbocycles. The van der Waals surface area contributed by atoms with Crippen LogP contribution in [0.5, 0.6) is 0 Å². The Kier molecular flexibility index (Phi) is 5.23. The minimum absolute atomic E-state index is 0.0366. The first kappa shape index (κ1) is 15.9. The van der Waals surface area contributed by atoms with E-state index in [1.165, 1.54) is 5.69 Å². The topological polar surface area (TPSA) is 42.3 Å². The molecule has 2 rings (SSSR count). The third-order valence-corrected chi connectivity index (χ3v) is 5.18. The fraction of sp³-hybridized carbons (Fsp3) is 0.786. The summed E-state index contributed by atoms with van der Waals surface area (Å²) in [6, 6.07) is 0.215. The van der Waals surface area contributed by atoms with Crippen molar-refractivity contribution in [2.24, 2.45) is 7.05 Å². The standard InChI is InChI=1S/C14H25BrN4O/c1-5-14(2,19-6-8-20-9-7-19)13(16-3)12-11(15)10-17-18(12)4/h10,13,16H,5-9H2,1-4H3. The van der Waals surface area contributed by atoms with Gasteiger partial charge in [-0.3, -0.25) is 9.58 Å². The number of morpholine rings is 1. The van der Waals surface area contributed by atoms with Crippen molar-refractivity contribution >= 4 is 15.9 Å². The summed E-state index contributed by atoms with van der Waals surface area (Å²) >= 11 is 3.64. The zero-order valence-electron chi connectivity index (χ0n) is 12.8. The van der Waals surface area contributed by atoms with E-state index in [4.69, 9.17) is 4.74 Å². The average Bonchev–Trinajstić information content (AvgIpc) is 2.81. The predicted molar refractivity (Wildman–Crippen MR) is 83.8 cm³/mol. The van der Waals surface area contributed by atoms with E-state index in [2.05, 4.69) is 45.1 Å². The van der Waals surface area contributed by atoms with E-state index in [0.29, 0.717) is 0 Å². The molecule has 1 saturated heterocycles. The van der Waals surface area contributed by atoms with Gasteiger partial charge in [-0.1, -0.05) is 6.92 Å². The zero-order chi connectivity index (χ0) is 14.8. The number of aromatic nitrogens is 2. The van der Waals surface area contributed by atoms with E-state index in [0.717, 1.165) is 37.2 Å². The molecule has 2 atom stereocenters. The molecule has 0 aliphatic carbocycles. The number of aryl methyl sites for hydroxylation is 1. The third kappa shape index (κ3) is 2.79. The smallest absolute Gasteiger partial charge is 0.0711 e. The van der Waals surface area contributed by atoms with Crippen LogP contribution in [-0.2, 0) is 11.8 Å². The molecular weight excluding hydrogens is 320 g/mol. The molecule has 0 radical (unpaired) electrons. The van der Waals surface area contributed by atoms with Crippen molar-refractivity contribution in [1.29, 1.82) is 0 Å². The summed E-state index contributed by atoms with van der Waals surface area (Å²) in [6.07, 6.45) is 2.94. The highest BCUT2D eigenvalue weighted by Gasteiger charge is 2.41. The van der Waals surface area contributed by atoms with Crippen LogP contribution in [0.4, 0.5) is 0 Å². The normalized spacial score (nSPS) is 21.6. The maximum atomic E-state index is 5.50. The van der Waals surface area contributed by atoms with Crippen molar-refractivity contribution in [3.05, 3.63) is 16.4 Å². The lowest BCUT2D eigenvalue weighted by Gasteiger charge is -2.47. The largest absolute Gasteiger partial charge is 0.379 e. The van der Waals surface area contributed by atoms with Crippen molar-refractivity contribution in [3.8, 4) is 0 Å².